The lowest BCUT2D eigenvalue weighted by atomic mass is 9.99. The predicted octanol–water partition coefficient (Wildman–Crippen LogP) is 1.05. The Hall–Kier alpha value is -2.50. The van der Waals surface area contributed by atoms with Crippen molar-refractivity contribution in [1.29, 1.82) is 0 Å². The number of cyclic esters (lactones) is 1. The van der Waals surface area contributed by atoms with E-state index in [0.717, 1.165) is 6.07 Å². The Labute approximate surface area is 197 Å². The number of aromatic hydroxyl groups is 1. The third-order valence-corrected chi connectivity index (χ3v) is 5.92. The van der Waals surface area contributed by atoms with Crippen LogP contribution in [0.2, 0.25) is 0 Å². The van der Waals surface area contributed by atoms with E-state index >= 15 is 0 Å². The van der Waals surface area contributed by atoms with Crippen molar-refractivity contribution in [3.05, 3.63) is 29.3 Å². The topological polar surface area (TPSA) is 163 Å². The Balaban J connectivity index is 1.88. The van der Waals surface area contributed by atoms with Gasteiger partial charge in [-0.05, 0) is 44.2 Å². The van der Waals surface area contributed by atoms with E-state index in [1.165, 1.54) is 6.07 Å². The monoisotopic (exact) mass is 480 g/mol. The van der Waals surface area contributed by atoms with Gasteiger partial charge in [-0.2, -0.15) is 0 Å². The first-order valence-electron chi connectivity index (χ1n) is 11.4. The molecule has 188 valence electrons. The van der Waals surface area contributed by atoms with Gasteiger partial charge in [-0.1, -0.05) is 12.2 Å². The van der Waals surface area contributed by atoms with Gasteiger partial charge in [0.25, 0.3) is 0 Å². The van der Waals surface area contributed by atoms with Crippen LogP contribution in [0.5, 0.6) is 11.5 Å². The third kappa shape index (κ3) is 6.34. The van der Waals surface area contributed by atoms with Crippen LogP contribution in [0.25, 0.3) is 6.08 Å². The van der Waals surface area contributed by atoms with Crippen LogP contribution in [0.4, 0.5) is 0 Å². The van der Waals surface area contributed by atoms with Crippen molar-refractivity contribution in [1.82, 2.24) is 0 Å². The number of rotatable bonds is 3. The Morgan fingerprint density at radius 1 is 1.06 bits per heavy atom. The summed E-state index contributed by atoms with van der Waals surface area (Å²) in [6.07, 6.45) is -1.24. The van der Waals surface area contributed by atoms with Crippen LogP contribution in [-0.2, 0) is 14.3 Å². The Kier molecular flexibility index (Phi) is 9.03. The summed E-state index contributed by atoms with van der Waals surface area (Å²) in [6, 6.07) is 2.60. The van der Waals surface area contributed by atoms with Gasteiger partial charge >= 0.3 is 5.97 Å². The average Bonchev–Trinajstić information content (AvgIpc) is 2.78. The zero-order valence-corrected chi connectivity index (χ0v) is 19.0. The number of fused-ring (bicyclic) bond motifs is 1. The SMILES string of the molecule is C[C@H]1CCCC(=O)CCCC=Cc2cc(O[C@@H]3O[C@H](CO)[C@@H](O)[C@H](O)[C@H]3O)cc(O)c2C(=O)O1. The van der Waals surface area contributed by atoms with Crippen LogP contribution in [0.1, 0.15) is 61.4 Å². The summed E-state index contributed by atoms with van der Waals surface area (Å²) in [5.74, 6) is -0.965. The molecular weight excluding hydrogens is 448 g/mol. The third-order valence-electron chi connectivity index (χ3n) is 5.92. The number of ether oxygens (including phenoxy) is 3. The molecule has 1 aromatic rings. The van der Waals surface area contributed by atoms with E-state index in [2.05, 4.69) is 0 Å². The van der Waals surface area contributed by atoms with E-state index in [4.69, 9.17) is 14.2 Å². The molecule has 6 atom stereocenters. The molecule has 10 heteroatoms. The highest BCUT2D eigenvalue weighted by molar-refractivity contribution is 5.97. The van der Waals surface area contributed by atoms with Crippen molar-refractivity contribution >= 4 is 17.8 Å². The number of hydrogen-bond donors (Lipinski definition) is 5. The minimum atomic E-state index is -1.63. The van der Waals surface area contributed by atoms with Gasteiger partial charge in [0.1, 0.15) is 47.3 Å². The van der Waals surface area contributed by atoms with E-state index in [0.29, 0.717) is 44.1 Å². The summed E-state index contributed by atoms with van der Waals surface area (Å²) in [7, 11) is 0. The lowest BCUT2D eigenvalue weighted by Crippen LogP contribution is -2.60. The second-order valence-electron chi connectivity index (χ2n) is 8.66. The van der Waals surface area contributed by atoms with Crippen LogP contribution in [0, 0.1) is 0 Å². The van der Waals surface area contributed by atoms with E-state index in [1.807, 2.05) is 0 Å². The molecule has 5 N–H and O–H groups in total. The van der Waals surface area contributed by atoms with E-state index in [9.17, 15) is 35.1 Å². The minimum Gasteiger partial charge on any atom is -0.507 e. The molecule has 0 spiro atoms. The number of allylic oxidation sites excluding steroid dienone is 1. The van der Waals surface area contributed by atoms with Gasteiger partial charge in [0, 0.05) is 18.9 Å². The Morgan fingerprint density at radius 2 is 1.79 bits per heavy atom. The number of esters is 1. The van der Waals surface area contributed by atoms with Crippen molar-refractivity contribution in [3.63, 3.8) is 0 Å². The summed E-state index contributed by atoms with van der Waals surface area (Å²) in [5, 5.41) is 50.1. The lowest BCUT2D eigenvalue weighted by Gasteiger charge is -2.39. The number of aliphatic hydroxyl groups excluding tert-OH is 4. The van der Waals surface area contributed by atoms with Crippen LogP contribution >= 0.6 is 0 Å². The van der Waals surface area contributed by atoms with Crippen molar-refractivity contribution < 1.29 is 49.3 Å². The van der Waals surface area contributed by atoms with Gasteiger partial charge in [-0.3, -0.25) is 4.79 Å². The molecule has 0 radical (unpaired) electrons. The number of aliphatic hydroxyl groups is 4. The number of hydrogen-bond acceptors (Lipinski definition) is 10. The maximum Gasteiger partial charge on any atom is 0.342 e. The second kappa shape index (κ2) is 11.8. The zero-order valence-electron chi connectivity index (χ0n) is 19.0. The van der Waals surface area contributed by atoms with Gasteiger partial charge in [0.15, 0.2) is 0 Å². The minimum absolute atomic E-state index is 0.0161. The average molecular weight is 481 g/mol. The van der Waals surface area contributed by atoms with Gasteiger partial charge in [-0.15, -0.1) is 0 Å². The van der Waals surface area contributed by atoms with Gasteiger partial charge < -0.3 is 39.7 Å². The summed E-state index contributed by atoms with van der Waals surface area (Å²) in [6.45, 7) is 1.10. The molecule has 10 nitrogen and oxygen atoms in total. The lowest BCUT2D eigenvalue weighted by molar-refractivity contribution is -0.277. The standard InChI is InChI=1S/C24H32O10/c1-13-6-5-9-15(26)8-4-2-3-7-14-10-16(11-17(27)19(14)23(31)32-13)33-24-22(30)21(29)20(28)18(12-25)34-24/h3,7,10-11,13,18,20-22,24-25,27-30H,2,4-6,8-9,12H2,1H3/t13-,18+,20+,21-,22+,24+/m0/s1. The zero-order chi connectivity index (χ0) is 24.8. The number of Topliss-reactive ketones (excluding diaryl/α,β-unsaturated/α-hetero) is 1. The van der Waals surface area contributed by atoms with Crippen molar-refractivity contribution in [2.45, 2.75) is 82.3 Å². The maximum atomic E-state index is 12.8. The quantitative estimate of drug-likeness (QED) is 0.395. The largest absolute Gasteiger partial charge is 0.507 e. The predicted molar refractivity (Wildman–Crippen MR) is 119 cm³/mol. The fourth-order valence-corrected chi connectivity index (χ4v) is 3.98. The molecule has 3 rings (SSSR count). The molecule has 34 heavy (non-hydrogen) atoms. The first-order valence-corrected chi connectivity index (χ1v) is 11.4. The summed E-state index contributed by atoms with van der Waals surface area (Å²) in [4.78, 5) is 24.8. The molecule has 0 aromatic heterocycles. The van der Waals surface area contributed by atoms with E-state index in [1.54, 1.807) is 19.1 Å². The smallest absolute Gasteiger partial charge is 0.342 e. The highest BCUT2D eigenvalue weighted by Gasteiger charge is 2.44. The molecule has 1 saturated heterocycles. The molecule has 2 aliphatic heterocycles. The van der Waals surface area contributed by atoms with Crippen molar-refractivity contribution in [2.24, 2.45) is 0 Å². The van der Waals surface area contributed by atoms with Crippen molar-refractivity contribution in [2.75, 3.05) is 6.61 Å². The second-order valence-corrected chi connectivity index (χ2v) is 8.66. The molecule has 0 saturated carbocycles. The fraction of sp³-hybridized carbons (Fsp3) is 0.583. The highest BCUT2D eigenvalue weighted by atomic mass is 16.7. The molecule has 1 aromatic carbocycles. The number of ketones is 1. The van der Waals surface area contributed by atoms with Crippen molar-refractivity contribution in [3.8, 4) is 11.5 Å². The molecule has 0 bridgehead atoms. The molecule has 0 aliphatic carbocycles. The number of phenolic OH excluding ortho intramolecular Hbond substituents is 1. The maximum absolute atomic E-state index is 12.8. The molecule has 1 fully saturated rings. The number of carbonyl (C=O) groups is 2. The fourth-order valence-electron chi connectivity index (χ4n) is 3.98. The van der Waals surface area contributed by atoms with Gasteiger partial charge in [-0.25, -0.2) is 4.79 Å². The van der Waals surface area contributed by atoms with E-state index < -0.39 is 55.1 Å². The van der Waals surface area contributed by atoms with E-state index in [-0.39, 0.29) is 17.1 Å². The van der Waals surface area contributed by atoms with Crippen LogP contribution in [0.3, 0.4) is 0 Å². The molecule has 0 unspecified atom stereocenters. The first kappa shape index (κ1) is 26.1. The molecular formula is C24H32O10. The van der Waals surface area contributed by atoms with Gasteiger partial charge in [0.05, 0.1) is 12.7 Å². The Bertz CT molecular complexity index is 896. The molecule has 0 amide bonds. The molecule has 2 aliphatic rings. The normalized spacial score (nSPS) is 31.3. The summed E-state index contributed by atoms with van der Waals surface area (Å²) < 4.78 is 16.4. The first-order chi connectivity index (χ1) is 16.2. The van der Waals surface area contributed by atoms with Crippen LogP contribution in [-0.4, -0.2) is 80.7 Å². The van der Waals surface area contributed by atoms with Crippen LogP contribution in [0.15, 0.2) is 18.2 Å². The highest BCUT2D eigenvalue weighted by Crippen LogP contribution is 2.33. The Morgan fingerprint density at radius 3 is 2.53 bits per heavy atom. The molecule has 2 heterocycles. The van der Waals surface area contributed by atoms with Crippen LogP contribution < -0.4 is 4.74 Å². The number of carbonyl (C=O) groups excluding carboxylic acids is 2. The summed E-state index contributed by atoms with van der Waals surface area (Å²) >= 11 is 0. The summed E-state index contributed by atoms with van der Waals surface area (Å²) in [5.41, 5.74) is 0.234. The van der Waals surface area contributed by atoms with Gasteiger partial charge in [0.2, 0.25) is 6.29 Å². The number of benzene rings is 1. The number of phenols is 1.